The molecule has 0 aromatic heterocycles. The van der Waals surface area contributed by atoms with E-state index in [9.17, 15) is 14.4 Å². The second kappa shape index (κ2) is 5.61. The first kappa shape index (κ1) is 15.3. The molecule has 5 heteroatoms. The first-order chi connectivity index (χ1) is 7.29. The van der Waals surface area contributed by atoms with Gasteiger partial charge in [0.05, 0.1) is 0 Å². The molecule has 3 amide bonds. The van der Waals surface area contributed by atoms with Crippen LogP contribution in [0, 0.1) is 0 Å². The Bertz CT molecular complexity index is 335. The molecule has 0 fully saturated rings. The lowest BCUT2D eigenvalue weighted by Crippen LogP contribution is -2.42. The van der Waals surface area contributed by atoms with E-state index in [0.717, 1.165) is 4.90 Å². The van der Waals surface area contributed by atoms with Crippen LogP contribution in [0.25, 0.3) is 0 Å². The van der Waals surface area contributed by atoms with Gasteiger partial charge in [0.15, 0.2) is 0 Å². The molecule has 5 nitrogen and oxygen atoms in total. The molecule has 0 aliphatic carbocycles. The Labute approximate surface area is 102 Å². The van der Waals surface area contributed by atoms with E-state index in [1.165, 1.54) is 12.2 Å². The molecule has 1 N–H and O–H groups in total. The van der Waals surface area contributed by atoms with Gasteiger partial charge in [-0.05, 0) is 20.8 Å². The minimum Gasteiger partial charge on any atom is -0.351 e. The van der Waals surface area contributed by atoms with Crippen LogP contribution in [0.2, 0.25) is 0 Å². The summed E-state index contributed by atoms with van der Waals surface area (Å²) in [4.78, 5) is 34.8. The van der Waals surface area contributed by atoms with Crippen molar-refractivity contribution in [3.8, 4) is 0 Å². The van der Waals surface area contributed by atoms with E-state index in [-0.39, 0.29) is 43.7 Å². The fourth-order valence-electron chi connectivity index (χ4n) is 1.35. The van der Waals surface area contributed by atoms with Crippen molar-refractivity contribution in [2.45, 2.75) is 40.2 Å². The molecule has 0 aromatic carbocycles. The van der Waals surface area contributed by atoms with E-state index in [0.29, 0.717) is 0 Å². The molecule has 1 aliphatic rings. The lowest BCUT2D eigenvalue weighted by Gasteiger charge is -2.21. The second-order valence-electron chi connectivity index (χ2n) is 4.71. The highest BCUT2D eigenvalue weighted by Crippen LogP contribution is 2.05. The third-order valence-corrected chi connectivity index (χ3v) is 1.98. The van der Waals surface area contributed by atoms with Crippen molar-refractivity contribution in [3.05, 3.63) is 12.2 Å². The average molecular weight is 240 g/mol. The molecule has 0 saturated carbocycles. The van der Waals surface area contributed by atoms with Gasteiger partial charge in [0.1, 0.15) is 0 Å². The number of hydrogen-bond donors (Lipinski definition) is 1. The molecule has 17 heavy (non-hydrogen) atoms. The number of carbonyl (C=O) groups excluding carboxylic acids is 3. The molecule has 0 unspecified atom stereocenters. The van der Waals surface area contributed by atoms with Crippen LogP contribution < -0.4 is 5.32 Å². The maximum atomic E-state index is 11.4. The standard InChI is InChI=1S/C11H16N2O3.CH4/c1-11(2,3)12-8(14)6-7-13-9(15)4-5-10(13)16;/h4-5H,6-7H2,1-3H3,(H,12,14);1H4. The van der Waals surface area contributed by atoms with Gasteiger partial charge in [-0.2, -0.15) is 0 Å². The van der Waals surface area contributed by atoms with Gasteiger partial charge in [-0.15, -0.1) is 0 Å². The summed E-state index contributed by atoms with van der Waals surface area (Å²) in [7, 11) is 0. The third kappa shape index (κ3) is 4.80. The molecule has 0 spiro atoms. The summed E-state index contributed by atoms with van der Waals surface area (Å²) in [5, 5.41) is 2.76. The van der Waals surface area contributed by atoms with Crippen molar-refractivity contribution in [2.75, 3.05) is 6.54 Å². The fourth-order valence-corrected chi connectivity index (χ4v) is 1.35. The van der Waals surface area contributed by atoms with Gasteiger partial charge < -0.3 is 5.32 Å². The first-order valence-electron chi connectivity index (χ1n) is 5.14. The lowest BCUT2D eigenvalue weighted by molar-refractivity contribution is -0.137. The van der Waals surface area contributed by atoms with Gasteiger partial charge in [0, 0.05) is 30.7 Å². The van der Waals surface area contributed by atoms with Gasteiger partial charge >= 0.3 is 0 Å². The van der Waals surface area contributed by atoms with Gasteiger partial charge in [0.25, 0.3) is 11.8 Å². The molecule has 1 heterocycles. The van der Waals surface area contributed by atoms with Crippen LogP contribution in [0.3, 0.4) is 0 Å². The summed E-state index contributed by atoms with van der Waals surface area (Å²) >= 11 is 0. The zero-order chi connectivity index (χ0) is 12.3. The molecule has 0 radical (unpaired) electrons. The normalized spacial score (nSPS) is 14.9. The summed E-state index contributed by atoms with van der Waals surface area (Å²) in [6.45, 7) is 5.75. The van der Waals surface area contributed by atoms with E-state index in [4.69, 9.17) is 0 Å². The molecule has 0 bridgehead atoms. The Hall–Kier alpha value is -1.65. The SMILES string of the molecule is C.CC(C)(C)NC(=O)CCN1C(=O)C=CC1=O. The van der Waals surface area contributed by atoms with Crippen LogP contribution in [-0.2, 0) is 14.4 Å². The largest absolute Gasteiger partial charge is 0.351 e. The second-order valence-corrected chi connectivity index (χ2v) is 4.71. The van der Waals surface area contributed by atoms with E-state index in [2.05, 4.69) is 5.32 Å². The Morgan fingerprint density at radius 3 is 2.12 bits per heavy atom. The predicted molar refractivity (Wildman–Crippen MR) is 65.1 cm³/mol. The molecule has 1 rings (SSSR count). The van der Waals surface area contributed by atoms with Gasteiger partial charge in [0.2, 0.25) is 5.91 Å². The first-order valence-corrected chi connectivity index (χ1v) is 5.14. The summed E-state index contributed by atoms with van der Waals surface area (Å²) in [6, 6.07) is 0. The maximum absolute atomic E-state index is 11.4. The highest BCUT2D eigenvalue weighted by molar-refractivity contribution is 6.13. The van der Waals surface area contributed by atoms with E-state index in [1.54, 1.807) is 0 Å². The zero-order valence-electron chi connectivity index (χ0n) is 9.74. The summed E-state index contributed by atoms with van der Waals surface area (Å²) in [5.41, 5.74) is -0.297. The number of imide groups is 1. The topological polar surface area (TPSA) is 66.5 Å². The van der Waals surface area contributed by atoms with Crippen LogP contribution in [0.4, 0.5) is 0 Å². The Balaban J connectivity index is 0.00000256. The fraction of sp³-hybridized carbons (Fsp3) is 0.583. The number of amides is 3. The van der Waals surface area contributed by atoms with E-state index in [1.807, 2.05) is 20.8 Å². The molecular weight excluding hydrogens is 220 g/mol. The average Bonchev–Trinajstić information content (AvgIpc) is 2.41. The molecule has 0 aromatic rings. The molecular formula is C12H20N2O3. The van der Waals surface area contributed by atoms with Crippen molar-refractivity contribution in [1.29, 1.82) is 0 Å². The molecule has 0 saturated heterocycles. The highest BCUT2D eigenvalue weighted by Gasteiger charge is 2.24. The monoisotopic (exact) mass is 240 g/mol. The molecule has 96 valence electrons. The smallest absolute Gasteiger partial charge is 0.253 e. The minimum atomic E-state index is -0.353. The zero-order valence-corrected chi connectivity index (χ0v) is 9.74. The molecule has 0 atom stereocenters. The Morgan fingerprint density at radius 2 is 1.71 bits per heavy atom. The summed E-state index contributed by atoms with van der Waals surface area (Å²) in [6.07, 6.45) is 2.56. The number of nitrogens with one attached hydrogen (secondary N) is 1. The van der Waals surface area contributed by atoms with Gasteiger partial charge in [-0.1, -0.05) is 7.43 Å². The predicted octanol–water partition coefficient (Wildman–Crippen LogP) is 0.852. The Kier molecular flexibility index (Phi) is 5.07. The Morgan fingerprint density at radius 1 is 1.24 bits per heavy atom. The van der Waals surface area contributed by atoms with Crippen LogP contribution in [0.15, 0.2) is 12.2 Å². The van der Waals surface area contributed by atoms with Gasteiger partial charge in [-0.3, -0.25) is 19.3 Å². The van der Waals surface area contributed by atoms with Gasteiger partial charge in [-0.25, -0.2) is 0 Å². The van der Waals surface area contributed by atoms with Crippen molar-refractivity contribution < 1.29 is 14.4 Å². The van der Waals surface area contributed by atoms with Crippen molar-refractivity contribution in [1.82, 2.24) is 10.2 Å². The quantitative estimate of drug-likeness (QED) is 0.744. The number of hydrogen-bond acceptors (Lipinski definition) is 3. The van der Waals surface area contributed by atoms with Crippen molar-refractivity contribution in [2.24, 2.45) is 0 Å². The summed E-state index contributed by atoms with van der Waals surface area (Å²) < 4.78 is 0. The number of rotatable bonds is 3. The number of nitrogens with zero attached hydrogens (tertiary/aromatic N) is 1. The van der Waals surface area contributed by atoms with Crippen molar-refractivity contribution in [3.63, 3.8) is 0 Å². The van der Waals surface area contributed by atoms with Crippen LogP contribution in [0.1, 0.15) is 34.6 Å². The third-order valence-electron chi connectivity index (χ3n) is 1.98. The van der Waals surface area contributed by atoms with Crippen LogP contribution in [0.5, 0.6) is 0 Å². The van der Waals surface area contributed by atoms with Crippen LogP contribution in [-0.4, -0.2) is 34.7 Å². The number of carbonyl (C=O) groups is 3. The lowest BCUT2D eigenvalue weighted by atomic mass is 10.1. The molecule has 1 aliphatic heterocycles. The van der Waals surface area contributed by atoms with E-state index >= 15 is 0 Å². The van der Waals surface area contributed by atoms with Crippen LogP contribution >= 0.6 is 0 Å². The minimum absolute atomic E-state index is 0. The van der Waals surface area contributed by atoms with Crippen molar-refractivity contribution >= 4 is 17.7 Å². The maximum Gasteiger partial charge on any atom is 0.253 e. The highest BCUT2D eigenvalue weighted by atomic mass is 16.2. The summed E-state index contributed by atoms with van der Waals surface area (Å²) in [5.74, 6) is -0.873. The van der Waals surface area contributed by atoms with E-state index < -0.39 is 0 Å².